The van der Waals surface area contributed by atoms with Gasteiger partial charge in [-0.25, -0.2) is 0 Å². The Morgan fingerprint density at radius 2 is 2.25 bits per heavy atom. The number of aliphatic imine (C=N–C) groups is 1. The van der Waals surface area contributed by atoms with Crippen LogP contribution in [0.3, 0.4) is 0 Å². The zero-order valence-corrected chi connectivity index (χ0v) is 8.11. The third-order valence-electron chi connectivity index (χ3n) is 1.61. The third kappa shape index (κ3) is 2.34. The number of nitrogens with zero attached hydrogens (tertiary/aromatic N) is 2. The van der Waals surface area contributed by atoms with E-state index in [4.69, 9.17) is 4.74 Å². The van der Waals surface area contributed by atoms with Gasteiger partial charge in [-0.05, 0) is 20.8 Å². The second-order valence-corrected chi connectivity index (χ2v) is 3.29. The lowest BCUT2D eigenvalue weighted by Crippen LogP contribution is -2.35. The first-order chi connectivity index (χ1) is 5.59. The minimum Gasteiger partial charge on any atom is -0.350 e. The van der Waals surface area contributed by atoms with Crippen molar-refractivity contribution in [1.29, 1.82) is 0 Å². The van der Waals surface area contributed by atoms with Crippen LogP contribution in [0.1, 0.15) is 20.8 Å². The predicted molar refractivity (Wildman–Crippen MR) is 50.0 cm³/mol. The van der Waals surface area contributed by atoms with Gasteiger partial charge >= 0.3 is 0 Å². The zero-order valence-electron chi connectivity index (χ0n) is 8.11. The molecular weight excluding hydrogens is 152 g/mol. The Balaban J connectivity index is 2.54. The molecule has 0 aromatic rings. The van der Waals surface area contributed by atoms with Gasteiger partial charge in [-0.2, -0.15) is 0 Å². The van der Waals surface area contributed by atoms with Crippen molar-refractivity contribution in [3.63, 3.8) is 0 Å². The summed E-state index contributed by atoms with van der Waals surface area (Å²) >= 11 is 0. The second-order valence-electron chi connectivity index (χ2n) is 3.29. The fourth-order valence-electron chi connectivity index (χ4n) is 1.10. The molecule has 0 amide bonds. The standard InChI is InChI=1S/C9H16N2O/c1-7(2)12-9-5-10-8(3)6-11(9)4/h5-7,9H,1-4H3. The van der Waals surface area contributed by atoms with Crippen LogP contribution in [0.4, 0.5) is 0 Å². The lowest BCUT2D eigenvalue weighted by molar-refractivity contribution is -0.0158. The highest BCUT2D eigenvalue weighted by Crippen LogP contribution is 2.09. The average Bonchev–Trinajstić information content (AvgIpc) is 1.94. The Bertz CT molecular complexity index is 209. The SMILES string of the molecule is CC1=CN(C)C(OC(C)C)C=N1. The van der Waals surface area contributed by atoms with E-state index in [1.807, 2.05) is 45.1 Å². The highest BCUT2D eigenvalue weighted by molar-refractivity contribution is 5.65. The van der Waals surface area contributed by atoms with E-state index in [1.54, 1.807) is 0 Å². The van der Waals surface area contributed by atoms with Crippen LogP contribution in [-0.4, -0.2) is 30.5 Å². The molecule has 0 saturated carbocycles. The van der Waals surface area contributed by atoms with Crippen molar-refractivity contribution in [2.24, 2.45) is 4.99 Å². The normalized spacial score (nSPS) is 23.2. The van der Waals surface area contributed by atoms with Crippen LogP contribution in [0.25, 0.3) is 0 Å². The van der Waals surface area contributed by atoms with Crippen LogP contribution in [0.5, 0.6) is 0 Å². The molecule has 1 rings (SSSR count). The van der Waals surface area contributed by atoms with Crippen molar-refractivity contribution in [2.45, 2.75) is 33.1 Å². The Labute approximate surface area is 73.7 Å². The highest BCUT2D eigenvalue weighted by Gasteiger charge is 2.14. The van der Waals surface area contributed by atoms with E-state index in [9.17, 15) is 0 Å². The number of allylic oxidation sites excluding steroid dienone is 1. The Morgan fingerprint density at radius 3 is 2.75 bits per heavy atom. The maximum absolute atomic E-state index is 5.58. The number of rotatable bonds is 2. The number of ether oxygens (including phenoxy) is 1. The summed E-state index contributed by atoms with van der Waals surface area (Å²) in [4.78, 5) is 6.20. The molecule has 12 heavy (non-hydrogen) atoms. The lowest BCUT2D eigenvalue weighted by atomic mass is 10.4. The van der Waals surface area contributed by atoms with E-state index in [0.29, 0.717) is 0 Å². The fraction of sp³-hybridized carbons (Fsp3) is 0.667. The van der Waals surface area contributed by atoms with Gasteiger partial charge in [0.2, 0.25) is 0 Å². The van der Waals surface area contributed by atoms with Gasteiger partial charge in [-0.15, -0.1) is 0 Å². The second kappa shape index (κ2) is 3.72. The zero-order chi connectivity index (χ0) is 9.14. The quantitative estimate of drug-likeness (QED) is 0.626. The topological polar surface area (TPSA) is 24.8 Å². The van der Waals surface area contributed by atoms with Crippen LogP contribution < -0.4 is 0 Å². The maximum atomic E-state index is 5.58. The minimum atomic E-state index is -0.00583. The number of hydrogen-bond donors (Lipinski definition) is 0. The molecule has 3 nitrogen and oxygen atoms in total. The Hall–Kier alpha value is -0.830. The summed E-state index contributed by atoms with van der Waals surface area (Å²) in [6, 6.07) is 0. The summed E-state index contributed by atoms with van der Waals surface area (Å²) in [7, 11) is 1.99. The van der Waals surface area contributed by atoms with Gasteiger partial charge in [-0.1, -0.05) is 0 Å². The molecule has 1 atom stereocenters. The molecular formula is C9H16N2O. The van der Waals surface area contributed by atoms with Crippen LogP contribution in [-0.2, 0) is 4.74 Å². The fourth-order valence-corrected chi connectivity index (χ4v) is 1.10. The summed E-state index contributed by atoms with van der Waals surface area (Å²) in [5.74, 6) is 0. The van der Waals surface area contributed by atoms with Crippen LogP contribution in [0, 0.1) is 0 Å². The summed E-state index contributed by atoms with van der Waals surface area (Å²) in [5.41, 5.74) is 1.01. The van der Waals surface area contributed by atoms with E-state index < -0.39 is 0 Å². The third-order valence-corrected chi connectivity index (χ3v) is 1.61. The molecule has 0 N–H and O–H groups in total. The van der Waals surface area contributed by atoms with E-state index >= 15 is 0 Å². The maximum Gasteiger partial charge on any atom is 0.166 e. The molecule has 0 aliphatic carbocycles. The Kier molecular flexibility index (Phi) is 2.87. The minimum absolute atomic E-state index is 0.00583. The van der Waals surface area contributed by atoms with Gasteiger partial charge in [0.05, 0.1) is 18.0 Å². The molecule has 0 fully saturated rings. The van der Waals surface area contributed by atoms with Crippen LogP contribution >= 0.6 is 0 Å². The molecule has 0 spiro atoms. The van der Waals surface area contributed by atoms with E-state index in [0.717, 1.165) is 5.70 Å². The van der Waals surface area contributed by atoms with Gasteiger partial charge in [0.1, 0.15) is 0 Å². The van der Waals surface area contributed by atoms with E-state index in [-0.39, 0.29) is 12.3 Å². The summed E-state index contributed by atoms with van der Waals surface area (Å²) < 4.78 is 5.58. The molecule has 1 heterocycles. The van der Waals surface area contributed by atoms with E-state index in [2.05, 4.69) is 4.99 Å². The first-order valence-electron chi connectivity index (χ1n) is 4.19. The van der Waals surface area contributed by atoms with Gasteiger partial charge in [-0.3, -0.25) is 4.99 Å². The summed E-state index contributed by atoms with van der Waals surface area (Å²) in [6.07, 6.45) is 4.03. The van der Waals surface area contributed by atoms with Gasteiger partial charge in [0, 0.05) is 13.2 Å². The predicted octanol–water partition coefficient (Wildman–Crippen LogP) is 1.61. The largest absolute Gasteiger partial charge is 0.350 e. The smallest absolute Gasteiger partial charge is 0.166 e. The van der Waals surface area contributed by atoms with Crippen molar-refractivity contribution in [3.05, 3.63) is 11.9 Å². The molecule has 0 radical (unpaired) electrons. The summed E-state index contributed by atoms with van der Waals surface area (Å²) in [5, 5.41) is 0. The monoisotopic (exact) mass is 168 g/mol. The molecule has 1 unspecified atom stereocenters. The molecule has 68 valence electrons. The molecule has 0 bridgehead atoms. The van der Waals surface area contributed by atoms with Gasteiger partial charge < -0.3 is 9.64 Å². The molecule has 0 aromatic heterocycles. The van der Waals surface area contributed by atoms with Crippen molar-refractivity contribution < 1.29 is 4.74 Å². The first kappa shape index (κ1) is 9.26. The Morgan fingerprint density at radius 1 is 1.58 bits per heavy atom. The summed E-state index contributed by atoms with van der Waals surface area (Å²) in [6.45, 7) is 6.01. The first-order valence-corrected chi connectivity index (χ1v) is 4.19. The van der Waals surface area contributed by atoms with Gasteiger partial charge in [0.15, 0.2) is 6.23 Å². The van der Waals surface area contributed by atoms with Crippen LogP contribution in [0.2, 0.25) is 0 Å². The molecule has 1 aliphatic rings. The van der Waals surface area contributed by atoms with E-state index in [1.165, 1.54) is 0 Å². The van der Waals surface area contributed by atoms with Crippen molar-refractivity contribution in [3.8, 4) is 0 Å². The van der Waals surface area contributed by atoms with Crippen molar-refractivity contribution >= 4 is 6.21 Å². The average molecular weight is 168 g/mol. The molecule has 1 aliphatic heterocycles. The van der Waals surface area contributed by atoms with Crippen molar-refractivity contribution in [1.82, 2.24) is 4.90 Å². The lowest BCUT2D eigenvalue weighted by Gasteiger charge is -2.28. The van der Waals surface area contributed by atoms with Gasteiger partial charge in [0.25, 0.3) is 0 Å². The highest BCUT2D eigenvalue weighted by atomic mass is 16.5. The van der Waals surface area contributed by atoms with Crippen molar-refractivity contribution in [2.75, 3.05) is 7.05 Å². The molecule has 3 heteroatoms. The van der Waals surface area contributed by atoms with Crippen LogP contribution in [0.15, 0.2) is 16.9 Å². The molecule has 0 aromatic carbocycles. The molecule has 0 saturated heterocycles. The number of hydrogen-bond acceptors (Lipinski definition) is 3.